The van der Waals surface area contributed by atoms with E-state index in [0.717, 1.165) is 42.4 Å². The van der Waals surface area contributed by atoms with Crippen molar-refractivity contribution in [2.75, 3.05) is 13.1 Å². The van der Waals surface area contributed by atoms with E-state index in [2.05, 4.69) is 0 Å². The van der Waals surface area contributed by atoms with Crippen LogP contribution in [-0.4, -0.2) is 34.2 Å². The first-order chi connectivity index (χ1) is 10.1. The molecule has 3 rings (SSSR count). The Morgan fingerprint density at radius 3 is 2.57 bits per heavy atom. The van der Waals surface area contributed by atoms with Crippen molar-refractivity contribution in [1.82, 2.24) is 9.47 Å². The molecule has 1 aliphatic heterocycles. The molecule has 0 saturated carbocycles. The van der Waals surface area contributed by atoms with Crippen molar-refractivity contribution in [3.63, 3.8) is 0 Å². The fraction of sp³-hybridized carbons (Fsp3) is 0.412. The predicted molar refractivity (Wildman–Crippen MR) is 82.5 cm³/mol. The lowest BCUT2D eigenvalue weighted by Crippen LogP contribution is -2.30. The number of fused-ring (bicyclic) bond motifs is 1. The van der Waals surface area contributed by atoms with E-state index in [0.29, 0.717) is 12.1 Å². The number of Topliss-reactive ketones (excluding diaryl/α,β-unsaturated/α-hetero) is 1. The average molecular weight is 284 g/mol. The second kappa shape index (κ2) is 5.35. The van der Waals surface area contributed by atoms with Crippen LogP contribution in [0.25, 0.3) is 10.9 Å². The number of carbonyl (C=O) groups excluding carboxylic acids is 2. The molecule has 1 aromatic heterocycles. The molecule has 1 saturated heterocycles. The number of amides is 1. The van der Waals surface area contributed by atoms with E-state index >= 15 is 0 Å². The van der Waals surface area contributed by atoms with E-state index in [4.69, 9.17) is 0 Å². The first-order valence-electron chi connectivity index (χ1n) is 7.44. The van der Waals surface area contributed by atoms with Gasteiger partial charge < -0.3 is 9.47 Å². The monoisotopic (exact) mass is 284 g/mol. The van der Waals surface area contributed by atoms with Gasteiger partial charge in [-0.15, -0.1) is 0 Å². The Kier molecular flexibility index (Phi) is 3.53. The topological polar surface area (TPSA) is 42.3 Å². The van der Waals surface area contributed by atoms with E-state index in [1.807, 2.05) is 40.8 Å². The summed E-state index contributed by atoms with van der Waals surface area (Å²) in [5.74, 6) is 0.179. The maximum atomic E-state index is 12.3. The summed E-state index contributed by atoms with van der Waals surface area (Å²) in [6, 6.07) is 6.03. The van der Waals surface area contributed by atoms with Crippen LogP contribution in [0.4, 0.5) is 0 Å². The molecule has 0 radical (unpaired) electrons. The third kappa shape index (κ3) is 2.58. The highest BCUT2D eigenvalue weighted by Gasteiger charge is 2.20. The fourth-order valence-electron chi connectivity index (χ4n) is 3.03. The van der Waals surface area contributed by atoms with Gasteiger partial charge in [-0.2, -0.15) is 0 Å². The normalized spacial score (nSPS) is 14.9. The molecule has 2 heterocycles. The maximum absolute atomic E-state index is 12.3. The summed E-state index contributed by atoms with van der Waals surface area (Å²) in [4.78, 5) is 26.1. The number of ketones is 1. The molecule has 1 amide bonds. The number of carbonyl (C=O) groups is 2. The lowest BCUT2D eigenvalue weighted by Gasteiger charge is -2.16. The summed E-state index contributed by atoms with van der Waals surface area (Å²) in [7, 11) is 0. The Bertz CT molecular complexity index is 709. The highest BCUT2D eigenvalue weighted by Crippen LogP contribution is 2.23. The van der Waals surface area contributed by atoms with Crippen molar-refractivity contribution >= 4 is 22.6 Å². The minimum Gasteiger partial charge on any atom is -0.341 e. The Balaban J connectivity index is 1.98. The molecule has 0 bridgehead atoms. The van der Waals surface area contributed by atoms with Crippen LogP contribution in [0.5, 0.6) is 0 Å². The molecule has 110 valence electrons. The van der Waals surface area contributed by atoms with Crippen molar-refractivity contribution in [3.8, 4) is 0 Å². The van der Waals surface area contributed by atoms with Crippen molar-refractivity contribution in [3.05, 3.63) is 35.5 Å². The lowest BCUT2D eigenvalue weighted by atomic mass is 10.1. The second-order valence-electron chi connectivity index (χ2n) is 5.84. The molecule has 1 aliphatic rings. The quantitative estimate of drug-likeness (QED) is 0.813. The van der Waals surface area contributed by atoms with Crippen LogP contribution in [-0.2, 0) is 11.3 Å². The molecule has 4 nitrogen and oxygen atoms in total. The van der Waals surface area contributed by atoms with E-state index in [9.17, 15) is 9.59 Å². The standard InChI is InChI=1S/C17H20N2O2/c1-12-5-6-16-14(9-12)15(13(2)20)10-19(16)11-17(21)18-7-3-4-8-18/h5-6,9-10H,3-4,7-8,11H2,1-2H3. The van der Waals surface area contributed by atoms with Gasteiger partial charge in [0.05, 0.1) is 0 Å². The Labute approximate surface area is 124 Å². The molecular weight excluding hydrogens is 264 g/mol. The van der Waals surface area contributed by atoms with Gasteiger partial charge in [0.25, 0.3) is 0 Å². The summed E-state index contributed by atoms with van der Waals surface area (Å²) >= 11 is 0. The fourth-order valence-corrected chi connectivity index (χ4v) is 3.03. The van der Waals surface area contributed by atoms with Gasteiger partial charge in [0.2, 0.25) is 5.91 Å². The zero-order valence-corrected chi connectivity index (χ0v) is 12.6. The number of benzene rings is 1. The van der Waals surface area contributed by atoms with Gasteiger partial charge in [0.1, 0.15) is 6.54 Å². The largest absolute Gasteiger partial charge is 0.341 e. The molecule has 21 heavy (non-hydrogen) atoms. The summed E-state index contributed by atoms with van der Waals surface area (Å²) in [5, 5.41) is 0.941. The molecular formula is C17H20N2O2. The average Bonchev–Trinajstić information content (AvgIpc) is 3.06. The lowest BCUT2D eigenvalue weighted by molar-refractivity contribution is -0.130. The molecule has 0 atom stereocenters. The van der Waals surface area contributed by atoms with E-state index < -0.39 is 0 Å². The van der Waals surface area contributed by atoms with Crippen LogP contribution in [0.3, 0.4) is 0 Å². The van der Waals surface area contributed by atoms with Crippen molar-refractivity contribution < 1.29 is 9.59 Å². The summed E-state index contributed by atoms with van der Waals surface area (Å²) in [5.41, 5.74) is 2.77. The zero-order valence-electron chi connectivity index (χ0n) is 12.6. The molecule has 4 heteroatoms. The van der Waals surface area contributed by atoms with Gasteiger partial charge >= 0.3 is 0 Å². The number of aromatic nitrogens is 1. The van der Waals surface area contributed by atoms with Crippen molar-refractivity contribution in [2.45, 2.75) is 33.2 Å². The maximum Gasteiger partial charge on any atom is 0.242 e. The third-order valence-electron chi connectivity index (χ3n) is 4.18. The first kappa shape index (κ1) is 13.9. The predicted octanol–water partition coefficient (Wildman–Crippen LogP) is 2.77. The SMILES string of the molecule is CC(=O)c1cn(CC(=O)N2CCCC2)c2ccc(C)cc12. The first-order valence-corrected chi connectivity index (χ1v) is 7.44. The Morgan fingerprint density at radius 2 is 1.90 bits per heavy atom. The van der Waals surface area contributed by atoms with Crippen molar-refractivity contribution in [2.24, 2.45) is 0 Å². The van der Waals surface area contributed by atoms with Gasteiger partial charge in [-0.1, -0.05) is 11.6 Å². The van der Waals surface area contributed by atoms with Gasteiger partial charge in [0.15, 0.2) is 5.78 Å². The highest BCUT2D eigenvalue weighted by molar-refractivity contribution is 6.07. The molecule has 1 fully saturated rings. The molecule has 0 unspecified atom stereocenters. The number of rotatable bonds is 3. The molecule has 2 aromatic rings. The Morgan fingerprint density at radius 1 is 1.19 bits per heavy atom. The van der Waals surface area contributed by atoms with Crippen LogP contribution in [0.2, 0.25) is 0 Å². The third-order valence-corrected chi connectivity index (χ3v) is 4.18. The summed E-state index contributed by atoms with van der Waals surface area (Å²) in [6.45, 7) is 5.61. The number of hydrogen-bond acceptors (Lipinski definition) is 2. The summed E-state index contributed by atoms with van der Waals surface area (Å²) in [6.07, 6.45) is 4.01. The number of hydrogen-bond donors (Lipinski definition) is 0. The van der Waals surface area contributed by atoms with Crippen molar-refractivity contribution in [1.29, 1.82) is 0 Å². The highest BCUT2D eigenvalue weighted by atomic mass is 16.2. The molecule has 0 spiro atoms. The number of nitrogens with zero attached hydrogens (tertiary/aromatic N) is 2. The van der Waals surface area contributed by atoms with Crippen LogP contribution in [0.15, 0.2) is 24.4 Å². The minimum atomic E-state index is 0.0398. The molecule has 0 N–H and O–H groups in total. The smallest absolute Gasteiger partial charge is 0.242 e. The summed E-state index contributed by atoms with van der Waals surface area (Å²) < 4.78 is 1.91. The van der Waals surface area contributed by atoms with Gasteiger partial charge in [0, 0.05) is 35.8 Å². The minimum absolute atomic E-state index is 0.0398. The van der Waals surface area contributed by atoms with Crippen LogP contribution < -0.4 is 0 Å². The van der Waals surface area contributed by atoms with Gasteiger partial charge in [-0.05, 0) is 38.8 Å². The van der Waals surface area contributed by atoms with E-state index in [1.165, 1.54) is 0 Å². The van der Waals surface area contributed by atoms with Crippen LogP contribution in [0.1, 0.15) is 35.7 Å². The van der Waals surface area contributed by atoms with Crippen LogP contribution in [0, 0.1) is 6.92 Å². The zero-order chi connectivity index (χ0) is 15.0. The molecule has 0 aliphatic carbocycles. The number of aryl methyl sites for hydroxylation is 1. The Hall–Kier alpha value is -2.10. The van der Waals surface area contributed by atoms with Gasteiger partial charge in [-0.3, -0.25) is 9.59 Å². The van der Waals surface area contributed by atoms with E-state index in [-0.39, 0.29) is 11.7 Å². The molecule has 1 aromatic carbocycles. The second-order valence-corrected chi connectivity index (χ2v) is 5.84. The van der Waals surface area contributed by atoms with E-state index in [1.54, 1.807) is 6.92 Å². The number of likely N-dealkylation sites (tertiary alicyclic amines) is 1. The van der Waals surface area contributed by atoms with Gasteiger partial charge in [-0.25, -0.2) is 0 Å². The van der Waals surface area contributed by atoms with Crippen LogP contribution >= 0.6 is 0 Å².